The van der Waals surface area contributed by atoms with Crippen LogP contribution in [0.2, 0.25) is 0 Å². The molecule has 2 aromatic rings. The molecule has 1 N–H and O–H groups in total. The fourth-order valence-corrected chi connectivity index (χ4v) is 3.10. The number of benzene rings is 1. The second-order valence-electron chi connectivity index (χ2n) is 4.14. The number of carbonyl (C=O) groups excluding carboxylic acids is 1. The normalized spacial score (nSPS) is 12.6. The number of methoxy groups -OCH3 is 1. The first kappa shape index (κ1) is 13.1. The summed E-state index contributed by atoms with van der Waals surface area (Å²) in [5.41, 5.74) is 1.27. The first-order chi connectivity index (χ1) is 8.76. The van der Waals surface area contributed by atoms with Gasteiger partial charge in [0.05, 0.1) is 7.11 Å². The Bertz CT molecular complexity index is 535. The van der Waals surface area contributed by atoms with Crippen LogP contribution in [0.25, 0.3) is 10.1 Å². The number of hydrogen-bond donors (Lipinski definition) is 1. The average Bonchev–Trinajstić information content (AvgIpc) is 2.83. The van der Waals surface area contributed by atoms with Gasteiger partial charge in [-0.15, -0.1) is 11.3 Å². The quantitative estimate of drug-likeness (QED) is 0.842. The summed E-state index contributed by atoms with van der Waals surface area (Å²) in [6, 6.07) is 8.54. The van der Waals surface area contributed by atoms with Gasteiger partial charge in [-0.3, -0.25) is 4.79 Å². The SMILES string of the molecule is CNC(CCC(=O)OC)c1csc2ccccc12. The standard InChI is InChI=1S/C14H17NO2S/c1-15-12(7-8-14(16)17-2)11-9-18-13-6-4-3-5-10(11)13/h3-6,9,12,15H,7-8H2,1-2H3. The molecule has 0 bridgehead atoms. The summed E-state index contributed by atoms with van der Waals surface area (Å²) in [6.45, 7) is 0. The second-order valence-corrected chi connectivity index (χ2v) is 5.05. The van der Waals surface area contributed by atoms with E-state index < -0.39 is 0 Å². The molecule has 0 amide bonds. The number of hydrogen-bond acceptors (Lipinski definition) is 4. The molecule has 0 aliphatic carbocycles. The van der Waals surface area contributed by atoms with Crippen LogP contribution in [0.3, 0.4) is 0 Å². The summed E-state index contributed by atoms with van der Waals surface area (Å²) < 4.78 is 5.97. The Morgan fingerprint density at radius 2 is 2.22 bits per heavy atom. The number of ether oxygens (including phenoxy) is 1. The van der Waals surface area contributed by atoms with Crippen LogP contribution in [-0.2, 0) is 9.53 Å². The summed E-state index contributed by atoms with van der Waals surface area (Å²) in [5, 5.41) is 6.71. The van der Waals surface area contributed by atoms with Crippen molar-refractivity contribution >= 4 is 27.4 Å². The third-order valence-corrected chi connectivity index (χ3v) is 4.08. The Balaban J connectivity index is 2.19. The molecular weight excluding hydrogens is 246 g/mol. The second kappa shape index (κ2) is 5.98. The lowest BCUT2D eigenvalue weighted by Gasteiger charge is -2.15. The van der Waals surface area contributed by atoms with E-state index in [1.807, 2.05) is 19.2 Å². The third-order valence-electron chi connectivity index (χ3n) is 3.10. The number of rotatable bonds is 5. The van der Waals surface area contributed by atoms with E-state index >= 15 is 0 Å². The van der Waals surface area contributed by atoms with Gasteiger partial charge >= 0.3 is 5.97 Å². The monoisotopic (exact) mass is 263 g/mol. The van der Waals surface area contributed by atoms with Crippen LogP contribution in [0.4, 0.5) is 0 Å². The fourth-order valence-electron chi connectivity index (χ4n) is 2.09. The van der Waals surface area contributed by atoms with Crippen molar-refractivity contribution in [3.63, 3.8) is 0 Å². The first-order valence-electron chi connectivity index (χ1n) is 5.96. The Morgan fingerprint density at radius 1 is 1.44 bits per heavy atom. The summed E-state index contributed by atoms with van der Waals surface area (Å²) in [4.78, 5) is 11.2. The number of esters is 1. The Kier molecular flexibility index (Phi) is 4.33. The molecule has 0 fully saturated rings. The predicted octanol–water partition coefficient (Wildman–Crippen LogP) is 3.12. The molecule has 0 spiro atoms. The molecule has 0 saturated carbocycles. The lowest BCUT2D eigenvalue weighted by atomic mass is 10.0. The van der Waals surface area contributed by atoms with Crippen LogP contribution in [-0.4, -0.2) is 20.1 Å². The highest BCUT2D eigenvalue weighted by molar-refractivity contribution is 7.17. The third kappa shape index (κ3) is 2.71. The van der Waals surface area contributed by atoms with Gasteiger partial charge in [-0.1, -0.05) is 18.2 Å². The lowest BCUT2D eigenvalue weighted by molar-refractivity contribution is -0.140. The first-order valence-corrected chi connectivity index (χ1v) is 6.84. The number of thiophene rings is 1. The highest BCUT2D eigenvalue weighted by Crippen LogP contribution is 2.31. The molecule has 1 atom stereocenters. The van der Waals surface area contributed by atoms with Crippen molar-refractivity contribution in [1.82, 2.24) is 5.32 Å². The summed E-state index contributed by atoms with van der Waals surface area (Å²) >= 11 is 1.74. The molecule has 2 rings (SSSR count). The van der Waals surface area contributed by atoms with Crippen molar-refractivity contribution in [3.8, 4) is 0 Å². The van der Waals surface area contributed by atoms with Crippen LogP contribution >= 0.6 is 11.3 Å². The molecule has 1 aromatic carbocycles. The smallest absolute Gasteiger partial charge is 0.305 e. The molecule has 0 radical (unpaired) electrons. The van der Waals surface area contributed by atoms with Gasteiger partial charge in [-0.05, 0) is 35.9 Å². The highest BCUT2D eigenvalue weighted by Gasteiger charge is 2.15. The van der Waals surface area contributed by atoms with Gasteiger partial charge < -0.3 is 10.1 Å². The van der Waals surface area contributed by atoms with Crippen LogP contribution in [0.15, 0.2) is 29.6 Å². The number of carbonyl (C=O) groups is 1. The van der Waals surface area contributed by atoms with E-state index in [0.29, 0.717) is 6.42 Å². The van der Waals surface area contributed by atoms with Crippen molar-refractivity contribution < 1.29 is 9.53 Å². The van der Waals surface area contributed by atoms with Gasteiger partial charge in [0, 0.05) is 17.2 Å². The van der Waals surface area contributed by atoms with Gasteiger partial charge in [0.2, 0.25) is 0 Å². The number of fused-ring (bicyclic) bond motifs is 1. The van der Waals surface area contributed by atoms with E-state index in [4.69, 9.17) is 0 Å². The maximum atomic E-state index is 11.2. The Hall–Kier alpha value is -1.39. The molecule has 1 unspecified atom stereocenters. The van der Waals surface area contributed by atoms with Gasteiger partial charge in [0.1, 0.15) is 0 Å². The summed E-state index contributed by atoms with van der Waals surface area (Å²) in [5.74, 6) is -0.158. The van der Waals surface area contributed by atoms with E-state index in [9.17, 15) is 4.79 Å². The van der Waals surface area contributed by atoms with Crippen molar-refractivity contribution in [2.45, 2.75) is 18.9 Å². The minimum Gasteiger partial charge on any atom is -0.469 e. The van der Waals surface area contributed by atoms with E-state index in [0.717, 1.165) is 6.42 Å². The van der Waals surface area contributed by atoms with E-state index in [1.54, 1.807) is 11.3 Å². The molecule has 4 heteroatoms. The number of nitrogens with one attached hydrogen (secondary N) is 1. The topological polar surface area (TPSA) is 38.3 Å². The molecule has 3 nitrogen and oxygen atoms in total. The molecule has 0 aliphatic heterocycles. The maximum Gasteiger partial charge on any atom is 0.305 e. The van der Waals surface area contributed by atoms with Crippen LogP contribution in [0.1, 0.15) is 24.4 Å². The van der Waals surface area contributed by atoms with E-state index in [2.05, 4.69) is 27.6 Å². The average molecular weight is 263 g/mol. The molecule has 0 saturated heterocycles. The van der Waals surface area contributed by atoms with E-state index in [1.165, 1.54) is 22.8 Å². The molecule has 1 heterocycles. The maximum absolute atomic E-state index is 11.2. The van der Waals surface area contributed by atoms with Crippen molar-refractivity contribution in [3.05, 3.63) is 35.2 Å². The van der Waals surface area contributed by atoms with Crippen molar-refractivity contribution in [1.29, 1.82) is 0 Å². The zero-order valence-corrected chi connectivity index (χ0v) is 11.4. The molecular formula is C14H17NO2S. The Morgan fingerprint density at radius 3 is 2.94 bits per heavy atom. The van der Waals surface area contributed by atoms with E-state index in [-0.39, 0.29) is 12.0 Å². The minimum absolute atomic E-state index is 0.158. The van der Waals surface area contributed by atoms with Crippen LogP contribution in [0.5, 0.6) is 0 Å². The zero-order valence-electron chi connectivity index (χ0n) is 10.6. The minimum atomic E-state index is -0.158. The van der Waals surface area contributed by atoms with Gasteiger partial charge in [-0.2, -0.15) is 0 Å². The van der Waals surface area contributed by atoms with Gasteiger partial charge in [0.25, 0.3) is 0 Å². The molecule has 96 valence electrons. The van der Waals surface area contributed by atoms with Crippen LogP contribution in [0, 0.1) is 0 Å². The highest BCUT2D eigenvalue weighted by atomic mass is 32.1. The van der Waals surface area contributed by atoms with Crippen molar-refractivity contribution in [2.75, 3.05) is 14.2 Å². The van der Waals surface area contributed by atoms with Gasteiger partial charge in [0.15, 0.2) is 0 Å². The Labute approximate surface area is 111 Å². The fraction of sp³-hybridized carbons (Fsp3) is 0.357. The molecule has 0 aliphatic rings. The van der Waals surface area contributed by atoms with Crippen LogP contribution < -0.4 is 5.32 Å². The summed E-state index contributed by atoms with van der Waals surface area (Å²) in [7, 11) is 3.35. The predicted molar refractivity (Wildman–Crippen MR) is 74.9 cm³/mol. The summed E-state index contributed by atoms with van der Waals surface area (Å²) in [6.07, 6.45) is 1.19. The molecule has 18 heavy (non-hydrogen) atoms. The lowest BCUT2D eigenvalue weighted by Crippen LogP contribution is -2.17. The zero-order chi connectivity index (χ0) is 13.0. The van der Waals surface area contributed by atoms with Gasteiger partial charge in [-0.25, -0.2) is 0 Å². The van der Waals surface area contributed by atoms with Crippen molar-refractivity contribution in [2.24, 2.45) is 0 Å². The largest absolute Gasteiger partial charge is 0.469 e. The molecule has 1 aromatic heterocycles.